The number of anilines is 1. The highest BCUT2D eigenvalue weighted by atomic mass is 79.9. The summed E-state index contributed by atoms with van der Waals surface area (Å²) >= 11 is 8.94. The Bertz CT molecular complexity index is 1230. The van der Waals surface area contributed by atoms with Crippen molar-refractivity contribution >= 4 is 49.0 Å². The van der Waals surface area contributed by atoms with Gasteiger partial charge < -0.3 is 5.21 Å². The predicted molar refractivity (Wildman–Crippen MR) is 110 cm³/mol. The van der Waals surface area contributed by atoms with Gasteiger partial charge in [-0.05, 0) is 58.4 Å². The van der Waals surface area contributed by atoms with Gasteiger partial charge in [-0.2, -0.15) is 4.73 Å². The van der Waals surface area contributed by atoms with Crippen LogP contribution in [0.15, 0.2) is 64.1 Å². The van der Waals surface area contributed by atoms with Gasteiger partial charge in [0.1, 0.15) is 5.82 Å². The fourth-order valence-electron chi connectivity index (χ4n) is 2.49. The van der Waals surface area contributed by atoms with Gasteiger partial charge in [-0.25, -0.2) is 12.8 Å². The first-order valence-electron chi connectivity index (χ1n) is 8.10. The number of hydrogen-bond acceptors (Lipinski definition) is 4. The standard InChI is InChI=1S/C19H13BrClFN2O4S/c1-11-2-3-12(10-24(11)26)19(25)15-8-13(21)4-7-18(15)23-29(27,28)14-5-6-16(20)17(22)9-14/h2-10,23H,1H3. The number of aromatic nitrogens is 1. The van der Waals surface area contributed by atoms with Gasteiger partial charge >= 0.3 is 0 Å². The van der Waals surface area contributed by atoms with Gasteiger partial charge in [0.25, 0.3) is 10.0 Å². The molecule has 0 spiro atoms. The van der Waals surface area contributed by atoms with E-state index in [1.165, 1.54) is 42.5 Å². The van der Waals surface area contributed by atoms with E-state index >= 15 is 0 Å². The Morgan fingerprint density at radius 2 is 1.90 bits per heavy atom. The fraction of sp³-hybridized carbons (Fsp3) is 0.0526. The van der Waals surface area contributed by atoms with Crippen molar-refractivity contribution in [2.45, 2.75) is 11.8 Å². The summed E-state index contributed by atoms with van der Waals surface area (Å²) in [6.45, 7) is 1.58. The monoisotopic (exact) mass is 498 g/mol. The van der Waals surface area contributed by atoms with Crippen molar-refractivity contribution in [1.29, 1.82) is 0 Å². The number of halogens is 3. The van der Waals surface area contributed by atoms with Crippen molar-refractivity contribution in [3.63, 3.8) is 0 Å². The van der Waals surface area contributed by atoms with Crippen molar-refractivity contribution < 1.29 is 22.3 Å². The minimum atomic E-state index is -4.19. The summed E-state index contributed by atoms with van der Waals surface area (Å²) < 4.78 is 42.0. The Labute approximate surface area is 179 Å². The smallest absolute Gasteiger partial charge is 0.262 e. The van der Waals surface area contributed by atoms with Crippen molar-refractivity contribution in [1.82, 2.24) is 0 Å². The second-order valence-corrected chi connectivity index (χ2v) is 9.06. The largest absolute Gasteiger partial charge is 0.618 e. The number of sulfonamides is 1. The van der Waals surface area contributed by atoms with E-state index < -0.39 is 21.6 Å². The number of carbonyl (C=O) groups excluding carboxylic acids is 1. The maximum absolute atomic E-state index is 13.8. The second kappa shape index (κ2) is 8.10. The van der Waals surface area contributed by atoms with Crippen molar-refractivity contribution in [2.24, 2.45) is 0 Å². The summed E-state index contributed by atoms with van der Waals surface area (Å²) in [5, 5.41) is 12.0. The lowest BCUT2D eigenvalue weighted by molar-refractivity contribution is -0.612. The van der Waals surface area contributed by atoms with E-state index in [-0.39, 0.29) is 31.2 Å². The first kappa shape index (κ1) is 21.2. The average Bonchev–Trinajstić information content (AvgIpc) is 2.66. The number of rotatable bonds is 5. The second-order valence-electron chi connectivity index (χ2n) is 6.09. The molecule has 0 unspecified atom stereocenters. The lowest BCUT2D eigenvalue weighted by Crippen LogP contribution is -2.30. The van der Waals surface area contributed by atoms with Crippen molar-refractivity contribution in [3.8, 4) is 0 Å². The number of nitrogens with zero attached hydrogens (tertiary/aromatic N) is 1. The first-order valence-corrected chi connectivity index (χ1v) is 10.8. The quantitative estimate of drug-likeness (QED) is 0.323. The molecular weight excluding hydrogens is 487 g/mol. The van der Waals surface area contributed by atoms with Gasteiger partial charge in [-0.15, -0.1) is 0 Å². The van der Waals surface area contributed by atoms with E-state index in [9.17, 15) is 22.8 Å². The van der Waals surface area contributed by atoms with Gasteiger partial charge in [-0.1, -0.05) is 11.6 Å². The van der Waals surface area contributed by atoms with Crippen LogP contribution in [0.25, 0.3) is 0 Å². The molecule has 29 heavy (non-hydrogen) atoms. The molecule has 6 nitrogen and oxygen atoms in total. The van der Waals surface area contributed by atoms with E-state index in [0.29, 0.717) is 10.4 Å². The van der Waals surface area contributed by atoms with E-state index in [1.54, 1.807) is 6.92 Å². The summed E-state index contributed by atoms with van der Waals surface area (Å²) in [4.78, 5) is 12.6. The van der Waals surface area contributed by atoms with Crippen LogP contribution < -0.4 is 9.45 Å². The summed E-state index contributed by atoms with van der Waals surface area (Å²) in [6, 6.07) is 10.3. The molecule has 10 heteroatoms. The maximum atomic E-state index is 13.8. The SMILES string of the molecule is Cc1ccc(C(=O)c2cc(Cl)ccc2NS(=O)(=O)c2ccc(Br)c(F)c2)c[n+]1[O-]. The number of ketones is 1. The lowest BCUT2D eigenvalue weighted by Gasteiger charge is -2.13. The van der Waals surface area contributed by atoms with Crippen LogP contribution in [0, 0.1) is 17.9 Å². The molecular formula is C19H13BrClFN2O4S. The molecule has 0 aliphatic carbocycles. The molecule has 0 bridgehead atoms. The molecule has 0 amide bonds. The van der Waals surface area contributed by atoms with Gasteiger partial charge in [0.2, 0.25) is 5.78 Å². The van der Waals surface area contributed by atoms with Crippen LogP contribution >= 0.6 is 27.5 Å². The molecule has 1 aromatic heterocycles. The third-order valence-corrected chi connectivity index (χ3v) is 6.28. The van der Waals surface area contributed by atoms with Crippen LogP contribution in [0.2, 0.25) is 5.02 Å². The number of nitrogens with one attached hydrogen (secondary N) is 1. The Morgan fingerprint density at radius 3 is 2.55 bits per heavy atom. The van der Waals surface area contributed by atoms with Gasteiger partial charge in [0.15, 0.2) is 11.9 Å². The average molecular weight is 500 g/mol. The van der Waals surface area contributed by atoms with Crippen LogP contribution in [-0.4, -0.2) is 14.2 Å². The Balaban J connectivity index is 2.03. The zero-order chi connectivity index (χ0) is 21.3. The van der Waals surface area contributed by atoms with Crippen molar-refractivity contribution in [3.05, 3.63) is 92.1 Å². The highest BCUT2D eigenvalue weighted by molar-refractivity contribution is 9.10. The minimum absolute atomic E-state index is 0.0532. The van der Waals surface area contributed by atoms with Crippen molar-refractivity contribution in [2.75, 3.05) is 4.72 Å². The van der Waals surface area contributed by atoms with Crippen LogP contribution in [0.3, 0.4) is 0 Å². The molecule has 0 radical (unpaired) electrons. The molecule has 0 aliphatic rings. The maximum Gasteiger partial charge on any atom is 0.262 e. The third kappa shape index (κ3) is 4.58. The topological polar surface area (TPSA) is 90.2 Å². The first-order chi connectivity index (χ1) is 13.6. The molecule has 0 saturated carbocycles. The van der Waals surface area contributed by atoms with Gasteiger partial charge in [-0.3, -0.25) is 9.52 Å². The molecule has 2 aromatic carbocycles. The van der Waals surface area contributed by atoms with Crippen LogP contribution in [0.5, 0.6) is 0 Å². The van der Waals surface area contributed by atoms with Gasteiger partial charge in [0, 0.05) is 23.6 Å². The summed E-state index contributed by atoms with van der Waals surface area (Å²) in [6.07, 6.45) is 1.10. The summed E-state index contributed by atoms with van der Waals surface area (Å²) in [7, 11) is -4.19. The predicted octanol–water partition coefficient (Wildman–Crippen LogP) is 4.22. The minimum Gasteiger partial charge on any atom is -0.618 e. The van der Waals surface area contributed by atoms with Crippen LogP contribution in [0.1, 0.15) is 21.6 Å². The highest BCUT2D eigenvalue weighted by Gasteiger charge is 2.22. The zero-order valence-electron chi connectivity index (χ0n) is 14.8. The summed E-state index contributed by atoms with van der Waals surface area (Å²) in [5.41, 5.74) is 0.345. The molecule has 0 fully saturated rings. The molecule has 1 N–H and O–H groups in total. The molecule has 0 saturated heterocycles. The number of hydrogen-bond donors (Lipinski definition) is 1. The highest BCUT2D eigenvalue weighted by Crippen LogP contribution is 2.27. The summed E-state index contributed by atoms with van der Waals surface area (Å²) in [5.74, 6) is -1.35. The van der Waals surface area contributed by atoms with E-state index in [0.717, 1.165) is 12.3 Å². The Kier molecular flexibility index (Phi) is 5.92. The zero-order valence-corrected chi connectivity index (χ0v) is 18.0. The number of benzene rings is 2. The number of pyridine rings is 1. The lowest BCUT2D eigenvalue weighted by atomic mass is 10.0. The van der Waals surface area contributed by atoms with Crippen LogP contribution in [-0.2, 0) is 10.0 Å². The number of aryl methyl sites for hydroxylation is 1. The molecule has 0 atom stereocenters. The molecule has 150 valence electrons. The molecule has 3 rings (SSSR count). The normalized spacial score (nSPS) is 11.3. The van der Waals surface area contributed by atoms with E-state index in [4.69, 9.17) is 11.6 Å². The third-order valence-electron chi connectivity index (χ3n) is 4.04. The Hall–Kier alpha value is -2.49. The fourth-order valence-corrected chi connectivity index (χ4v) is 4.00. The van der Waals surface area contributed by atoms with Gasteiger partial charge in [0.05, 0.1) is 20.6 Å². The Morgan fingerprint density at radius 1 is 1.17 bits per heavy atom. The van der Waals surface area contributed by atoms with E-state index in [2.05, 4.69) is 20.7 Å². The molecule has 3 aromatic rings. The molecule has 0 aliphatic heterocycles. The molecule has 1 heterocycles. The van der Waals surface area contributed by atoms with Crippen LogP contribution in [0.4, 0.5) is 10.1 Å². The number of carbonyl (C=O) groups is 1. The van der Waals surface area contributed by atoms with E-state index in [1.807, 2.05) is 0 Å².